The van der Waals surface area contributed by atoms with Gasteiger partial charge in [0.25, 0.3) is 0 Å². The molecule has 4 rings (SSSR count). The molecule has 2 aliphatic rings. The molecule has 3 heterocycles. The number of aryl methyl sites for hydroxylation is 1. The van der Waals surface area contributed by atoms with Gasteiger partial charge in [-0.25, -0.2) is 13.2 Å². The quantitative estimate of drug-likeness (QED) is 0.581. The third-order valence-electron chi connectivity index (χ3n) is 7.31. The lowest BCUT2D eigenvalue weighted by molar-refractivity contribution is -0.0122. The van der Waals surface area contributed by atoms with Gasteiger partial charge in [0.1, 0.15) is 6.10 Å². The van der Waals surface area contributed by atoms with Gasteiger partial charge in [0, 0.05) is 50.4 Å². The number of rotatable bonds is 7. The molecule has 0 bridgehead atoms. The van der Waals surface area contributed by atoms with Crippen LogP contribution in [-0.2, 0) is 26.0 Å². The number of carbonyl (C=O) groups is 1. The van der Waals surface area contributed by atoms with Gasteiger partial charge in [0.05, 0.1) is 30.9 Å². The predicted molar refractivity (Wildman–Crippen MR) is 140 cm³/mol. The Morgan fingerprint density at radius 2 is 1.89 bits per heavy atom. The zero-order chi connectivity index (χ0) is 26.8. The fourth-order valence-electron chi connectivity index (χ4n) is 5.27. The first-order chi connectivity index (χ1) is 17.4. The van der Waals surface area contributed by atoms with Gasteiger partial charge in [0.2, 0.25) is 10.0 Å². The van der Waals surface area contributed by atoms with E-state index in [0.29, 0.717) is 37.7 Å². The second kappa shape index (κ2) is 11.1. The van der Waals surface area contributed by atoms with Crippen molar-refractivity contribution < 1.29 is 22.7 Å². The molecule has 2 saturated heterocycles. The summed E-state index contributed by atoms with van der Waals surface area (Å²) < 4.78 is 40.6. The van der Waals surface area contributed by atoms with E-state index in [-0.39, 0.29) is 17.6 Å². The van der Waals surface area contributed by atoms with Crippen LogP contribution in [0.3, 0.4) is 0 Å². The number of likely N-dealkylation sites (tertiary alicyclic amines) is 1. The second-order valence-corrected chi connectivity index (χ2v) is 12.9. The van der Waals surface area contributed by atoms with E-state index in [4.69, 9.17) is 15.2 Å². The second-order valence-electron chi connectivity index (χ2n) is 11.0. The van der Waals surface area contributed by atoms with Crippen molar-refractivity contribution in [3.05, 3.63) is 36.2 Å². The van der Waals surface area contributed by atoms with Gasteiger partial charge in [0.15, 0.2) is 0 Å². The maximum atomic E-state index is 13.3. The van der Waals surface area contributed by atoms with E-state index in [1.807, 2.05) is 29.9 Å². The molecule has 1 aromatic heterocycles. The predicted octanol–water partition coefficient (Wildman–Crippen LogP) is 2.85. The Labute approximate surface area is 219 Å². The Balaban J connectivity index is 1.46. The van der Waals surface area contributed by atoms with Crippen LogP contribution < -0.4 is 5.73 Å². The summed E-state index contributed by atoms with van der Waals surface area (Å²) in [5.41, 5.74) is 7.68. The molecule has 37 heavy (non-hydrogen) atoms. The average Bonchev–Trinajstić information content (AvgIpc) is 3.32. The molecule has 204 valence electrons. The number of nitrogens with zero attached hydrogens (tertiary/aromatic N) is 4. The fraction of sp³-hybridized carbons (Fsp3) is 0.615. The Morgan fingerprint density at radius 1 is 1.16 bits per heavy atom. The molecule has 2 N–H and O–H groups in total. The molecular weight excluding hydrogens is 494 g/mol. The van der Waals surface area contributed by atoms with Crippen LogP contribution in [0.1, 0.15) is 39.2 Å². The fourth-order valence-corrected chi connectivity index (χ4v) is 6.93. The Hall–Kier alpha value is -2.47. The molecule has 10 nitrogen and oxygen atoms in total. The van der Waals surface area contributed by atoms with E-state index in [2.05, 4.69) is 30.8 Å². The van der Waals surface area contributed by atoms with Gasteiger partial charge in [-0.05, 0) is 36.0 Å². The van der Waals surface area contributed by atoms with Crippen LogP contribution in [-0.4, -0.2) is 85.0 Å². The zero-order valence-corrected chi connectivity index (χ0v) is 23.0. The Morgan fingerprint density at radius 3 is 2.57 bits per heavy atom. The highest BCUT2D eigenvalue weighted by Crippen LogP contribution is 2.33. The summed E-state index contributed by atoms with van der Waals surface area (Å²) in [6.45, 7) is 12.3. The number of ether oxygens (including phenoxy) is 2. The normalized spacial score (nSPS) is 22.2. The summed E-state index contributed by atoms with van der Waals surface area (Å²) in [4.78, 5) is 14.0. The molecule has 2 aromatic rings. The number of amides is 1. The number of aromatic nitrogens is 2. The molecule has 1 aromatic carbocycles. The van der Waals surface area contributed by atoms with E-state index in [0.717, 1.165) is 42.6 Å². The molecule has 2 unspecified atom stereocenters. The minimum atomic E-state index is -3.59. The maximum Gasteiger partial charge on any atom is 0.404 e. The first kappa shape index (κ1) is 27.6. The molecule has 11 heteroatoms. The lowest BCUT2D eigenvalue weighted by Gasteiger charge is -2.45. The van der Waals surface area contributed by atoms with Gasteiger partial charge in [-0.1, -0.05) is 32.9 Å². The van der Waals surface area contributed by atoms with Crippen molar-refractivity contribution in [1.82, 2.24) is 19.0 Å². The van der Waals surface area contributed by atoms with Crippen molar-refractivity contribution >= 4 is 16.1 Å². The molecule has 0 radical (unpaired) electrons. The van der Waals surface area contributed by atoms with Crippen LogP contribution in [0.5, 0.6) is 0 Å². The highest BCUT2D eigenvalue weighted by atomic mass is 32.2. The third kappa shape index (κ3) is 6.51. The molecule has 2 fully saturated rings. The molecule has 2 aliphatic heterocycles. The summed E-state index contributed by atoms with van der Waals surface area (Å²) in [5.74, 6) is 0. The standard InChI is InChI=1S/C26H39N5O5S/c1-19-5-6-20(15-23(19)37(33,34)31-11-13-35-14-12-31)21-17-28-30(18-21)10-9-29-8-7-22(36-25(27)32)16-24(29)26(2,3)4/h5-6,15,17-18,22,24H,7-14,16H2,1-4H3,(H2,27,32). The van der Waals surface area contributed by atoms with Crippen LogP contribution in [0, 0.1) is 12.3 Å². The number of sulfonamides is 1. The van der Waals surface area contributed by atoms with Gasteiger partial charge in [-0.3, -0.25) is 9.58 Å². The Kier molecular flexibility index (Phi) is 8.27. The first-order valence-corrected chi connectivity index (χ1v) is 14.3. The van der Waals surface area contributed by atoms with Crippen molar-refractivity contribution in [3.63, 3.8) is 0 Å². The number of piperidine rings is 1. The Bertz CT molecular complexity index is 1200. The van der Waals surface area contributed by atoms with Gasteiger partial charge >= 0.3 is 6.09 Å². The molecular formula is C26H39N5O5S. The number of hydrogen-bond donors (Lipinski definition) is 1. The number of nitrogens with two attached hydrogens (primary N) is 1. The first-order valence-electron chi connectivity index (χ1n) is 12.9. The summed E-state index contributed by atoms with van der Waals surface area (Å²) in [7, 11) is -3.59. The van der Waals surface area contributed by atoms with Crippen molar-refractivity contribution in [2.24, 2.45) is 11.1 Å². The van der Waals surface area contributed by atoms with Gasteiger partial charge in [-0.2, -0.15) is 9.40 Å². The van der Waals surface area contributed by atoms with Crippen LogP contribution in [0.4, 0.5) is 4.79 Å². The van der Waals surface area contributed by atoms with Crippen LogP contribution >= 0.6 is 0 Å². The molecule has 2 atom stereocenters. The van der Waals surface area contributed by atoms with E-state index in [1.165, 1.54) is 4.31 Å². The van der Waals surface area contributed by atoms with E-state index in [1.54, 1.807) is 12.3 Å². The third-order valence-corrected chi connectivity index (χ3v) is 9.35. The summed E-state index contributed by atoms with van der Waals surface area (Å²) >= 11 is 0. The lowest BCUT2D eigenvalue weighted by Crippen LogP contribution is -2.52. The average molecular weight is 534 g/mol. The largest absolute Gasteiger partial charge is 0.446 e. The molecule has 0 saturated carbocycles. The zero-order valence-electron chi connectivity index (χ0n) is 22.2. The molecule has 0 aliphatic carbocycles. The van der Waals surface area contributed by atoms with Gasteiger partial charge in [-0.15, -0.1) is 0 Å². The van der Waals surface area contributed by atoms with Crippen molar-refractivity contribution in [2.75, 3.05) is 39.4 Å². The van der Waals surface area contributed by atoms with Crippen molar-refractivity contribution in [1.29, 1.82) is 0 Å². The number of carbonyl (C=O) groups excluding carboxylic acids is 1. The number of morpholine rings is 1. The lowest BCUT2D eigenvalue weighted by atomic mass is 9.79. The minimum Gasteiger partial charge on any atom is -0.446 e. The van der Waals surface area contributed by atoms with Crippen LogP contribution in [0.15, 0.2) is 35.5 Å². The van der Waals surface area contributed by atoms with E-state index in [9.17, 15) is 13.2 Å². The molecule has 0 spiro atoms. The van der Waals surface area contributed by atoms with Crippen LogP contribution in [0.2, 0.25) is 0 Å². The summed E-state index contributed by atoms with van der Waals surface area (Å²) in [6.07, 6.45) is 4.38. The smallest absolute Gasteiger partial charge is 0.404 e. The topological polar surface area (TPSA) is 120 Å². The molecule has 1 amide bonds. The van der Waals surface area contributed by atoms with E-state index < -0.39 is 16.1 Å². The van der Waals surface area contributed by atoms with Gasteiger partial charge < -0.3 is 15.2 Å². The number of primary amides is 1. The van der Waals surface area contributed by atoms with Crippen molar-refractivity contribution in [3.8, 4) is 11.1 Å². The number of benzene rings is 1. The van der Waals surface area contributed by atoms with Crippen LogP contribution in [0.25, 0.3) is 11.1 Å². The highest BCUT2D eigenvalue weighted by Gasteiger charge is 2.37. The monoisotopic (exact) mass is 533 g/mol. The highest BCUT2D eigenvalue weighted by molar-refractivity contribution is 7.89. The summed E-state index contributed by atoms with van der Waals surface area (Å²) in [5, 5.41) is 4.55. The maximum absolute atomic E-state index is 13.3. The SMILES string of the molecule is Cc1ccc(-c2cnn(CCN3CCC(OC(N)=O)CC3C(C)(C)C)c2)cc1S(=O)(=O)N1CCOCC1. The van der Waals surface area contributed by atoms with E-state index >= 15 is 0 Å². The van der Waals surface area contributed by atoms with Crippen molar-refractivity contribution in [2.45, 2.75) is 64.1 Å². The summed E-state index contributed by atoms with van der Waals surface area (Å²) in [6, 6.07) is 5.78. The number of hydrogen-bond acceptors (Lipinski definition) is 7. The minimum absolute atomic E-state index is 0.0131.